The third kappa shape index (κ3) is 3.30. The molecule has 0 aromatic carbocycles. The molecule has 3 nitrogen and oxygen atoms in total. The Morgan fingerprint density at radius 1 is 1.53 bits per heavy atom. The lowest BCUT2D eigenvalue weighted by Gasteiger charge is -2.30. The van der Waals surface area contributed by atoms with E-state index in [-0.39, 0.29) is 11.8 Å². The molecule has 3 heteroatoms. The Balaban J connectivity index is 1.76. The van der Waals surface area contributed by atoms with Crippen LogP contribution in [0.5, 0.6) is 0 Å². The summed E-state index contributed by atoms with van der Waals surface area (Å²) in [5, 5.41) is 9.85. The maximum atomic E-state index is 9.85. The van der Waals surface area contributed by atoms with Gasteiger partial charge in [-0.2, -0.15) is 0 Å². The first kappa shape index (κ1) is 13.1. The van der Waals surface area contributed by atoms with Crippen molar-refractivity contribution in [3.8, 4) is 0 Å². The number of allylic oxidation sites excluding steroid dienone is 1. The van der Waals surface area contributed by atoms with Gasteiger partial charge in [-0.3, -0.25) is 0 Å². The van der Waals surface area contributed by atoms with Gasteiger partial charge in [0.05, 0.1) is 5.60 Å². The minimum Gasteiger partial charge on any atom is -0.386 e. The molecule has 0 radical (unpaired) electrons. The summed E-state index contributed by atoms with van der Waals surface area (Å²) < 4.78 is 5.39. The molecule has 5 atom stereocenters. The quantitative estimate of drug-likeness (QED) is 0.584. The molecule has 1 aliphatic heterocycles. The second kappa shape index (κ2) is 4.38. The zero-order chi connectivity index (χ0) is 12.7. The van der Waals surface area contributed by atoms with Crippen LogP contribution in [0.15, 0.2) is 12.2 Å². The maximum Gasteiger partial charge on any atom is 0.140 e. The van der Waals surface area contributed by atoms with E-state index < -0.39 is 5.60 Å². The lowest BCUT2D eigenvalue weighted by atomic mass is 9.78. The molecular weight excluding hydrogens is 214 g/mol. The number of hydrogen-bond acceptors (Lipinski definition) is 3. The van der Waals surface area contributed by atoms with Gasteiger partial charge in [0.15, 0.2) is 0 Å². The molecule has 0 aromatic heterocycles. The van der Waals surface area contributed by atoms with Crippen LogP contribution in [0.1, 0.15) is 46.5 Å². The van der Waals surface area contributed by atoms with Gasteiger partial charge in [0.25, 0.3) is 0 Å². The van der Waals surface area contributed by atoms with Crippen molar-refractivity contribution in [3.63, 3.8) is 0 Å². The van der Waals surface area contributed by atoms with Gasteiger partial charge in [0.2, 0.25) is 0 Å². The van der Waals surface area contributed by atoms with Crippen LogP contribution < -0.4 is 5.73 Å². The van der Waals surface area contributed by atoms with Gasteiger partial charge in [-0.1, -0.05) is 19.1 Å². The third-order valence-corrected chi connectivity index (χ3v) is 4.28. The molecule has 5 unspecified atom stereocenters. The van der Waals surface area contributed by atoms with Gasteiger partial charge in [0.1, 0.15) is 11.8 Å². The van der Waals surface area contributed by atoms with E-state index in [9.17, 15) is 5.11 Å². The molecule has 0 saturated carbocycles. The Kier molecular flexibility index (Phi) is 3.36. The van der Waals surface area contributed by atoms with Crippen molar-refractivity contribution in [2.24, 2.45) is 17.6 Å². The van der Waals surface area contributed by atoms with Gasteiger partial charge < -0.3 is 15.6 Å². The summed E-state index contributed by atoms with van der Waals surface area (Å²) in [7, 11) is 0. The molecular formula is C14H25NO2. The van der Waals surface area contributed by atoms with Crippen LogP contribution in [0.4, 0.5) is 0 Å². The van der Waals surface area contributed by atoms with Crippen LogP contribution in [-0.4, -0.2) is 22.5 Å². The van der Waals surface area contributed by atoms with Gasteiger partial charge >= 0.3 is 0 Å². The summed E-state index contributed by atoms with van der Waals surface area (Å²) >= 11 is 0. The Morgan fingerprint density at radius 2 is 2.18 bits per heavy atom. The van der Waals surface area contributed by atoms with Crippen LogP contribution in [0, 0.1) is 11.8 Å². The molecule has 0 amide bonds. The van der Waals surface area contributed by atoms with Gasteiger partial charge in [0, 0.05) is 0 Å². The fraction of sp³-hybridized carbons (Fsp3) is 0.857. The normalized spacial score (nSPS) is 46.9. The number of rotatable bonds is 4. The van der Waals surface area contributed by atoms with Crippen molar-refractivity contribution in [2.75, 3.05) is 0 Å². The van der Waals surface area contributed by atoms with Crippen LogP contribution in [0.2, 0.25) is 0 Å². The van der Waals surface area contributed by atoms with Crippen LogP contribution >= 0.6 is 0 Å². The smallest absolute Gasteiger partial charge is 0.140 e. The minimum absolute atomic E-state index is 0.251. The molecule has 1 aliphatic carbocycles. The second-order valence-electron chi connectivity index (χ2n) is 6.26. The largest absolute Gasteiger partial charge is 0.386 e. The summed E-state index contributed by atoms with van der Waals surface area (Å²) in [6.45, 7) is 6.10. The van der Waals surface area contributed by atoms with Crippen LogP contribution in [-0.2, 0) is 4.74 Å². The Morgan fingerprint density at radius 3 is 2.65 bits per heavy atom. The predicted molar refractivity (Wildman–Crippen MR) is 68.4 cm³/mol. The Labute approximate surface area is 104 Å². The highest BCUT2D eigenvalue weighted by atomic mass is 16.6. The zero-order valence-corrected chi connectivity index (χ0v) is 11.1. The first-order chi connectivity index (χ1) is 7.80. The van der Waals surface area contributed by atoms with Crippen molar-refractivity contribution in [2.45, 2.75) is 63.9 Å². The molecule has 1 heterocycles. The average molecular weight is 239 g/mol. The highest BCUT2D eigenvalue weighted by molar-refractivity contribution is 5.06. The lowest BCUT2D eigenvalue weighted by Crippen LogP contribution is -2.28. The van der Waals surface area contributed by atoms with E-state index in [1.165, 1.54) is 0 Å². The summed E-state index contributed by atoms with van der Waals surface area (Å²) in [6, 6.07) is 0. The number of hydrogen-bond donors (Lipinski definition) is 2. The van der Waals surface area contributed by atoms with Crippen molar-refractivity contribution >= 4 is 0 Å². The molecule has 1 fully saturated rings. The standard InChI is InChI=1S/C14H25NO2/c1-10(4-5-12-14(3,15)17-12)11-6-8-13(2,16)9-7-11/h6,8,10-12,16H,4-5,7,9,15H2,1-3H3. The van der Waals surface area contributed by atoms with Gasteiger partial charge in [-0.15, -0.1) is 0 Å². The SMILES string of the molecule is CC(CCC1OC1(C)N)C1C=CC(C)(O)CC1. The number of ether oxygens (including phenoxy) is 1. The van der Waals surface area contributed by atoms with E-state index >= 15 is 0 Å². The first-order valence-corrected chi connectivity index (χ1v) is 6.69. The first-order valence-electron chi connectivity index (χ1n) is 6.69. The zero-order valence-electron chi connectivity index (χ0n) is 11.1. The van der Waals surface area contributed by atoms with Crippen molar-refractivity contribution < 1.29 is 9.84 Å². The molecule has 3 N–H and O–H groups in total. The number of nitrogens with two attached hydrogens (primary N) is 1. The van der Waals surface area contributed by atoms with E-state index in [4.69, 9.17) is 10.5 Å². The van der Waals surface area contributed by atoms with E-state index in [1.54, 1.807) is 0 Å². The Hall–Kier alpha value is -0.380. The molecule has 1 saturated heterocycles. The lowest BCUT2D eigenvalue weighted by molar-refractivity contribution is 0.0830. The highest BCUT2D eigenvalue weighted by Crippen LogP contribution is 2.37. The topological polar surface area (TPSA) is 58.8 Å². The second-order valence-corrected chi connectivity index (χ2v) is 6.26. The third-order valence-electron chi connectivity index (χ3n) is 4.28. The van der Waals surface area contributed by atoms with Crippen LogP contribution in [0.25, 0.3) is 0 Å². The summed E-state index contributed by atoms with van der Waals surface area (Å²) in [5.41, 5.74) is 4.88. The summed E-state index contributed by atoms with van der Waals surface area (Å²) in [6.07, 6.45) is 8.54. The van der Waals surface area contributed by atoms with Gasteiger partial charge in [-0.05, 0) is 51.4 Å². The minimum atomic E-state index is -0.592. The van der Waals surface area contributed by atoms with Crippen molar-refractivity contribution in [1.82, 2.24) is 0 Å². The average Bonchev–Trinajstić information content (AvgIpc) is 2.83. The molecule has 98 valence electrons. The fourth-order valence-corrected chi connectivity index (χ4v) is 2.69. The van der Waals surface area contributed by atoms with Crippen molar-refractivity contribution in [3.05, 3.63) is 12.2 Å². The number of aliphatic hydroxyl groups is 1. The van der Waals surface area contributed by atoms with E-state index in [1.807, 2.05) is 19.9 Å². The number of epoxide rings is 1. The maximum absolute atomic E-state index is 9.85. The van der Waals surface area contributed by atoms with Crippen molar-refractivity contribution in [1.29, 1.82) is 0 Å². The molecule has 0 spiro atoms. The predicted octanol–water partition coefficient (Wildman–Crippen LogP) is 2.19. The fourth-order valence-electron chi connectivity index (χ4n) is 2.69. The molecule has 0 aromatic rings. The molecule has 17 heavy (non-hydrogen) atoms. The molecule has 0 bridgehead atoms. The Bertz CT molecular complexity index is 309. The molecule has 2 aliphatic rings. The van der Waals surface area contributed by atoms with E-state index in [0.29, 0.717) is 11.8 Å². The van der Waals surface area contributed by atoms with E-state index in [2.05, 4.69) is 13.0 Å². The van der Waals surface area contributed by atoms with Gasteiger partial charge in [-0.25, -0.2) is 0 Å². The van der Waals surface area contributed by atoms with E-state index in [0.717, 1.165) is 25.7 Å². The highest BCUT2D eigenvalue weighted by Gasteiger charge is 2.48. The van der Waals surface area contributed by atoms with Crippen LogP contribution in [0.3, 0.4) is 0 Å². The summed E-state index contributed by atoms with van der Waals surface area (Å²) in [5.74, 6) is 1.24. The monoisotopic (exact) mass is 239 g/mol. The summed E-state index contributed by atoms with van der Waals surface area (Å²) in [4.78, 5) is 0. The molecule has 2 rings (SSSR count).